The minimum absolute atomic E-state index is 0.0293. The zero-order valence-electron chi connectivity index (χ0n) is 40.0. The summed E-state index contributed by atoms with van der Waals surface area (Å²) in [6, 6.07) is -0.951. The molecule has 354 valence electrons. The van der Waals surface area contributed by atoms with Gasteiger partial charge in [-0.1, -0.05) is 173 Å². The minimum Gasteiger partial charge on any atom is -0.756 e. The quantitative estimate of drug-likeness (QED) is 0.0275. The maximum absolute atomic E-state index is 12.8. The zero-order chi connectivity index (χ0) is 46.4. The van der Waals surface area contributed by atoms with Gasteiger partial charge in [0, 0.05) is 6.42 Å². The molecule has 1 amide bonds. The molecule has 0 heterocycles. The van der Waals surface area contributed by atoms with Gasteiger partial charge in [-0.05, 0) is 103 Å². The van der Waals surface area contributed by atoms with Crippen LogP contribution in [0.2, 0.25) is 0 Å². The Morgan fingerprint density at radius 2 is 0.952 bits per heavy atom. The molecular formula is C54H87N2O6P. The summed E-state index contributed by atoms with van der Waals surface area (Å²) in [5.41, 5.74) is 0. The van der Waals surface area contributed by atoms with Crippen LogP contribution in [-0.2, 0) is 18.4 Å². The summed E-state index contributed by atoms with van der Waals surface area (Å²) in [6.45, 7) is 4.36. The maximum atomic E-state index is 12.8. The number of amides is 1. The van der Waals surface area contributed by atoms with Gasteiger partial charge in [0.1, 0.15) is 13.2 Å². The number of allylic oxidation sites excluding steroid dienone is 23. The van der Waals surface area contributed by atoms with Crippen LogP contribution < -0.4 is 10.2 Å². The van der Waals surface area contributed by atoms with Crippen molar-refractivity contribution in [2.75, 3.05) is 40.9 Å². The van der Waals surface area contributed by atoms with Crippen molar-refractivity contribution < 1.29 is 32.9 Å². The summed E-state index contributed by atoms with van der Waals surface area (Å²) in [5.74, 6) is -0.279. The summed E-state index contributed by atoms with van der Waals surface area (Å²) < 4.78 is 23.1. The molecule has 0 rings (SSSR count). The van der Waals surface area contributed by atoms with Gasteiger partial charge in [0.25, 0.3) is 7.82 Å². The lowest BCUT2D eigenvalue weighted by Gasteiger charge is -2.29. The van der Waals surface area contributed by atoms with Crippen LogP contribution in [0.25, 0.3) is 0 Å². The van der Waals surface area contributed by atoms with E-state index in [1.165, 1.54) is 12.8 Å². The van der Waals surface area contributed by atoms with E-state index in [4.69, 9.17) is 9.05 Å². The molecule has 0 aliphatic rings. The number of quaternary nitrogens is 1. The van der Waals surface area contributed by atoms with Gasteiger partial charge in [-0.2, -0.15) is 0 Å². The van der Waals surface area contributed by atoms with Crippen molar-refractivity contribution in [3.63, 3.8) is 0 Å². The SMILES string of the molecule is CC/C=C\C/C=C\C/C=C\C/C=C\C/C=C\C/C=C\C/C=C\C/C=C\C/C=C\CCCC(=O)NC(COP(=O)([O-])OCC[N+](C)(C)C)C(O)/C=C/CC/C=C/CC/C=C/CCCC. The van der Waals surface area contributed by atoms with E-state index in [0.29, 0.717) is 23.9 Å². The van der Waals surface area contributed by atoms with Crippen molar-refractivity contribution in [1.29, 1.82) is 0 Å². The van der Waals surface area contributed by atoms with Crippen LogP contribution in [0.4, 0.5) is 0 Å². The first-order chi connectivity index (χ1) is 30.5. The summed E-state index contributed by atoms with van der Waals surface area (Å²) in [5, 5.41) is 13.7. The molecule has 63 heavy (non-hydrogen) atoms. The molecule has 0 spiro atoms. The Bertz CT molecular complexity index is 1520. The average Bonchev–Trinajstić information content (AvgIpc) is 3.24. The number of unbranched alkanes of at least 4 members (excludes halogenated alkanes) is 5. The van der Waals surface area contributed by atoms with Crippen molar-refractivity contribution in [3.05, 3.63) is 146 Å². The van der Waals surface area contributed by atoms with Crippen molar-refractivity contribution in [2.24, 2.45) is 0 Å². The topological polar surface area (TPSA) is 108 Å². The van der Waals surface area contributed by atoms with Gasteiger partial charge in [-0.15, -0.1) is 0 Å². The molecule has 9 heteroatoms. The van der Waals surface area contributed by atoms with Crippen molar-refractivity contribution in [3.8, 4) is 0 Å². The van der Waals surface area contributed by atoms with E-state index in [0.717, 1.165) is 89.9 Å². The third kappa shape index (κ3) is 46.2. The molecule has 0 aliphatic heterocycles. The standard InChI is InChI=1S/C54H87N2O6P/c1-6-8-10-12-14-16-18-20-21-22-23-24-25-26-27-28-29-30-31-32-33-34-35-36-38-40-42-44-46-48-54(58)55-52(51-62-63(59,60)61-50-49-56(3,4)5)53(57)47-45-43-41-39-37-19-17-15-13-11-9-7-2/h8,10,13-16,20-21,23-24,26-27,29-30,32-33,35-37,39-40,42,45,47,52-53,57H,6-7,9,11-12,17-19,22,25,28,31,34,38,41,43-44,46,48-51H2,1-5H3,(H-,55,58,59,60)/b10-8-,15-13+,16-14-,21-20-,24-23-,27-26-,30-29-,33-32-,36-35-,39-37+,42-40-,47-45+. The second-order valence-corrected chi connectivity index (χ2v) is 17.8. The van der Waals surface area contributed by atoms with Gasteiger partial charge in [-0.3, -0.25) is 9.36 Å². The molecule has 0 aromatic rings. The fourth-order valence-electron chi connectivity index (χ4n) is 5.52. The van der Waals surface area contributed by atoms with Gasteiger partial charge in [0.2, 0.25) is 5.91 Å². The molecular weight excluding hydrogens is 804 g/mol. The van der Waals surface area contributed by atoms with E-state index >= 15 is 0 Å². The largest absolute Gasteiger partial charge is 0.756 e. The number of likely N-dealkylation sites (N-methyl/N-ethyl adjacent to an activating group) is 1. The highest BCUT2D eigenvalue weighted by atomic mass is 31.2. The zero-order valence-corrected chi connectivity index (χ0v) is 40.8. The Kier molecular flexibility index (Phi) is 41.1. The number of carbonyl (C=O) groups is 1. The van der Waals surface area contributed by atoms with Gasteiger partial charge in [0.15, 0.2) is 0 Å². The van der Waals surface area contributed by atoms with Crippen molar-refractivity contribution >= 4 is 13.7 Å². The number of hydrogen-bond acceptors (Lipinski definition) is 6. The first kappa shape index (κ1) is 59.4. The van der Waals surface area contributed by atoms with E-state index in [1.54, 1.807) is 6.08 Å². The number of hydrogen-bond donors (Lipinski definition) is 2. The normalized spacial score (nSPS) is 15.5. The lowest BCUT2D eigenvalue weighted by atomic mass is 10.1. The van der Waals surface area contributed by atoms with Crippen LogP contribution >= 0.6 is 7.82 Å². The predicted octanol–water partition coefficient (Wildman–Crippen LogP) is 13.2. The van der Waals surface area contributed by atoms with E-state index in [1.807, 2.05) is 27.2 Å². The monoisotopic (exact) mass is 891 g/mol. The molecule has 0 saturated carbocycles. The number of rotatable bonds is 40. The smallest absolute Gasteiger partial charge is 0.268 e. The fraction of sp³-hybridized carbons (Fsp3) is 0.537. The van der Waals surface area contributed by atoms with Crippen LogP contribution in [0.3, 0.4) is 0 Å². The molecule has 0 aromatic carbocycles. The van der Waals surface area contributed by atoms with Gasteiger partial charge < -0.3 is 28.8 Å². The lowest BCUT2D eigenvalue weighted by Crippen LogP contribution is -2.45. The van der Waals surface area contributed by atoms with Gasteiger partial charge >= 0.3 is 0 Å². The van der Waals surface area contributed by atoms with Crippen LogP contribution in [0.5, 0.6) is 0 Å². The number of aliphatic hydroxyl groups excluding tert-OH is 1. The minimum atomic E-state index is -4.63. The van der Waals surface area contributed by atoms with Crippen LogP contribution in [-0.4, -0.2) is 68.5 Å². The first-order valence-corrected chi connectivity index (χ1v) is 25.2. The molecule has 0 bridgehead atoms. The molecule has 0 fully saturated rings. The van der Waals surface area contributed by atoms with E-state index < -0.39 is 26.6 Å². The second-order valence-electron chi connectivity index (χ2n) is 16.4. The summed E-state index contributed by atoms with van der Waals surface area (Å²) in [7, 11) is 1.17. The Labute approximate surface area is 385 Å². The predicted molar refractivity (Wildman–Crippen MR) is 269 cm³/mol. The Hall–Kier alpha value is -3.62. The summed E-state index contributed by atoms with van der Waals surface area (Å²) in [6.07, 6.45) is 67.8. The molecule has 0 aromatic heterocycles. The highest BCUT2D eigenvalue weighted by molar-refractivity contribution is 7.45. The first-order valence-electron chi connectivity index (χ1n) is 23.7. The van der Waals surface area contributed by atoms with E-state index in [-0.39, 0.29) is 18.9 Å². The molecule has 0 radical (unpaired) electrons. The maximum Gasteiger partial charge on any atom is 0.268 e. The third-order valence-corrected chi connectivity index (χ3v) is 10.2. The number of nitrogens with one attached hydrogen (secondary N) is 1. The van der Waals surface area contributed by atoms with E-state index in [2.05, 4.69) is 153 Å². The van der Waals surface area contributed by atoms with Crippen molar-refractivity contribution in [1.82, 2.24) is 5.32 Å². The highest BCUT2D eigenvalue weighted by Crippen LogP contribution is 2.38. The molecule has 2 N–H and O–H groups in total. The molecule has 3 atom stereocenters. The second kappa shape index (κ2) is 43.6. The molecule has 0 aliphatic carbocycles. The molecule has 3 unspecified atom stereocenters. The molecule has 0 saturated heterocycles. The van der Waals surface area contributed by atoms with Gasteiger partial charge in [0.05, 0.1) is 39.9 Å². The van der Waals surface area contributed by atoms with E-state index in [9.17, 15) is 19.4 Å². The fourth-order valence-corrected chi connectivity index (χ4v) is 6.24. The van der Waals surface area contributed by atoms with Crippen LogP contribution in [0.1, 0.15) is 136 Å². The number of phosphoric ester groups is 1. The Morgan fingerprint density at radius 3 is 1.38 bits per heavy atom. The third-order valence-electron chi connectivity index (χ3n) is 9.26. The van der Waals surface area contributed by atoms with Crippen molar-refractivity contribution in [2.45, 2.75) is 148 Å². The highest BCUT2D eigenvalue weighted by Gasteiger charge is 2.23. The summed E-state index contributed by atoms with van der Waals surface area (Å²) >= 11 is 0. The molecule has 8 nitrogen and oxygen atoms in total. The van der Waals surface area contributed by atoms with Crippen LogP contribution in [0.15, 0.2) is 146 Å². The summed E-state index contributed by atoms with van der Waals surface area (Å²) in [4.78, 5) is 25.3. The lowest BCUT2D eigenvalue weighted by molar-refractivity contribution is -0.870. The average molecular weight is 891 g/mol. The number of phosphoric acid groups is 1. The van der Waals surface area contributed by atoms with Crippen LogP contribution in [0, 0.1) is 0 Å². The number of carbonyl (C=O) groups excluding carboxylic acids is 1. The number of nitrogens with zero attached hydrogens (tertiary/aromatic N) is 1. The Morgan fingerprint density at radius 1 is 0.571 bits per heavy atom. The Balaban J connectivity index is 4.47. The van der Waals surface area contributed by atoms with Gasteiger partial charge in [-0.25, -0.2) is 0 Å². The number of aliphatic hydroxyl groups is 1.